The lowest BCUT2D eigenvalue weighted by atomic mass is 9.95. The molecule has 7 atom stereocenters. The molecule has 2 aromatic heterocycles. The van der Waals surface area contributed by atoms with Gasteiger partial charge in [0, 0.05) is 66.9 Å². The quantitative estimate of drug-likeness (QED) is 0.268. The maximum Gasteiger partial charge on any atom is 0.319 e. The number of carbonyl (C=O) groups excluding carboxylic acids is 1. The van der Waals surface area contributed by atoms with E-state index in [1.165, 1.54) is 12.1 Å². The molecule has 6 aliphatic heterocycles. The van der Waals surface area contributed by atoms with E-state index in [0.717, 1.165) is 37.1 Å². The van der Waals surface area contributed by atoms with Crippen molar-refractivity contribution in [3.63, 3.8) is 0 Å². The second-order valence-corrected chi connectivity index (χ2v) is 16.2. The standard InChI is InChI=1S/C35H32ClF3N8O2S/c36-22-7-19-28(27(39)26(22)17-2-3-23(38)30-25(17)20(9-40)31(41)50-30)43-34(49-14-35-4-1-5-46(35)11-15(37)8-35)44-32(19)45-12-16-6-18-21(13-45)29(18)47(16)33(48)24-10-42-24/h2-3,7,15-16,18,21,24,29,42H,1,4-6,8,10-14,41H2/t15-,16?,18?,21?,24-,29?,35+/m1/s1. The van der Waals surface area contributed by atoms with Crippen LogP contribution in [0.25, 0.3) is 32.1 Å². The Kier molecular flexibility index (Phi) is 6.67. The molecule has 0 radical (unpaired) electrons. The lowest BCUT2D eigenvalue weighted by molar-refractivity contribution is -0.132. The SMILES string of the molecule is N#Cc1c(N)sc2c(F)ccc(-c3c(Cl)cc4c(N5CC6C7CC(C5)N(C(=O)[C@H]5CN5)C76)nc(OC[C@@]56CCCN5C[C@H](F)C6)nc4c3F)c12. The van der Waals surface area contributed by atoms with Gasteiger partial charge in [-0.1, -0.05) is 17.7 Å². The number of hydrogen-bond donors (Lipinski definition) is 2. The number of thiophene rings is 1. The van der Waals surface area contributed by atoms with Crippen LogP contribution < -0.4 is 20.7 Å². The van der Waals surface area contributed by atoms with Gasteiger partial charge >= 0.3 is 6.01 Å². The van der Waals surface area contributed by atoms with Crippen molar-refractivity contribution in [1.82, 2.24) is 25.1 Å². The van der Waals surface area contributed by atoms with Crippen molar-refractivity contribution in [3.05, 3.63) is 40.4 Å². The molecule has 4 aromatic rings. The van der Waals surface area contributed by atoms with E-state index in [0.29, 0.717) is 49.7 Å². The number of amides is 1. The second-order valence-electron chi connectivity index (χ2n) is 14.7. The number of nitrogens with two attached hydrogens (primary N) is 1. The van der Waals surface area contributed by atoms with E-state index < -0.39 is 23.3 Å². The Labute approximate surface area is 293 Å². The number of hydrogen-bond acceptors (Lipinski definition) is 10. The zero-order chi connectivity index (χ0) is 34.2. The maximum absolute atomic E-state index is 17.2. The smallest absolute Gasteiger partial charge is 0.319 e. The summed E-state index contributed by atoms with van der Waals surface area (Å²) in [7, 11) is 0. The van der Waals surface area contributed by atoms with Crippen LogP contribution in [0.2, 0.25) is 5.02 Å². The molecule has 1 aliphatic carbocycles. The summed E-state index contributed by atoms with van der Waals surface area (Å²) >= 11 is 7.84. The number of nitrogen functional groups attached to an aromatic ring is 1. The van der Waals surface area contributed by atoms with Crippen LogP contribution in [0.3, 0.4) is 0 Å². The number of piperidine rings is 1. The maximum atomic E-state index is 17.2. The Balaban J connectivity index is 1.11. The van der Waals surface area contributed by atoms with E-state index in [2.05, 4.69) is 25.0 Å². The van der Waals surface area contributed by atoms with Crippen molar-refractivity contribution in [2.75, 3.05) is 50.0 Å². The van der Waals surface area contributed by atoms with Gasteiger partial charge in [0.15, 0.2) is 5.82 Å². The third kappa shape index (κ3) is 4.42. The van der Waals surface area contributed by atoms with Crippen LogP contribution in [0, 0.1) is 34.8 Å². The number of nitrogens with zero attached hydrogens (tertiary/aromatic N) is 6. The molecule has 50 heavy (non-hydrogen) atoms. The Morgan fingerprint density at radius 3 is 2.88 bits per heavy atom. The third-order valence-electron chi connectivity index (χ3n) is 11.9. The van der Waals surface area contributed by atoms with Crippen LogP contribution in [0.4, 0.5) is 24.0 Å². The summed E-state index contributed by atoms with van der Waals surface area (Å²) < 4.78 is 53.2. The van der Waals surface area contributed by atoms with E-state index in [9.17, 15) is 18.8 Å². The summed E-state index contributed by atoms with van der Waals surface area (Å²) in [6, 6.07) is 6.28. The predicted octanol–water partition coefficient (Wildman–Crippen LogP) is 4.86. The number of benzene rings is 2. The summed E-state index contributed by atoms with van der Waals surface area (Å²) in [4.78, 5) is 29.1. The van der Waals surface area contributed by atoms with Crippen LogP contribution in [0.1, 0.15) is 31.2 Å². The van der Waals surface area contributed by atoms with Crippen molar-refractivity contribution in [3.8, 4) is 23.2 Å². The summed E-state index contributed by atoms with van der Waals surface area (Å²) in [6.45, 7) is 3.14. The van der Waals surface area contributed by atoms with Gasteiger partial charge in [-0.05, 0) is 49.4 Å². The Bertz CT molecular complexity index is 2190. The molecular formula is C35H32ClF3N8O2S. The van der Waals surface area contributed by atoms with E-state index in [-0.39, 0.29) is 84.9 Å². The highest BCUT2D eigenvalue weighted by molar-refractivity contribution is 7.23. The third-order valence-corrected chi connectivity index (χ3v) is 13.3. The van der Waals surface area contributed by atoms with E-state index in [4.69, 9.17) is 27.1 Å². The van der Waals surface area contributed by atoms with Gasteiger partial charge in [0.2, 0.25) is 5.91 Å². The molecule has 7 fully saturated rings. The Hall–Kier alpha value is -3.90. The number of halogens is 4. The summed E-state index contributed by atoms with van der Waals surface area (Å²) in [5, 5.41) is 13.8. The number of fused-ring (bicyclic) bond motifs is 5. The first-order valence-corrected chi connectivity index (χ1v) is 18.3. The molecule has 4 bridgehead atoms. The van der Waals surface area contributed by atoms with Crippen molar-refractivity contribution in [1.29, 1.82) is 5.26 Å². The summed E-state index contributed by atoms with van der Waals surface area (Å²) in [5.41, 5.74) is 5.80. The second kappa shape index (κ2) is 10.8. The summed E-state index contributed by atoms with van der Waals surface area (Å²) in [5.74, 6) is -0.0814. The fourth-order valence-electron chi connectivity index (χ4n) is 9.59. The highest BCUT2D eigenvalue weighted by Gasteiger charge is 2.65. The highest BCUT2D eigenvalue weighted by Crippen LogP contribution is 2.57. The van der Waals surface area contributed by atoms with E-state index in [1.807, 2.05) is 6.07 Å². The van der Waals surface area contributed by atoms with Gasteiger partial charge in [0.1, 0.15) is 41.0 Å². The molecule has 11 rings (SSSR count). The van der Waals surface area contributed by atoms with Crippen molar-refractivity contribution >= 4 is 60.7 Å². The monoisotopic (exact) mass is 720 g/mol. The van der Waals surface area contributed by atoms with Crippen LogP contribution >= 0.6 is 22.9 Å². The van der Waals surface area contributed by atoms with Gasteiger partial charge in [0.05, 0.1) is 26.9 Å². The number of aromatic nitrogens is 2. The number of anilines is 2. The van der Waals surface area contributed by atoms with Crippen molar-refractivity contribution in [2.45, 2.75) is 55.5 Å². The predicted molar refractivity (Wildman–Crippen MR) is 183 cm³/mol. The van der Waals surface area contributed by atoms with E-state index in [1.54, 1.807) is 6.07 Å². The molecule has 7 aliphatic rings. The lowest BCUT2D eigenvalue weighted by Gasteiger charge is -2.31. The molecule has 6 saturated heterocycles. The molecule has 0 spiro atoms. The number of ether oxygens (including phenoxy) is 1. The number of nitriles is 1. The van der Waals surface area contributed by atoms with Crippen molar-refractivity contribution in [2.24, 2.45) is 11.8 Å². The minimum absolute atomic E-state index is 0.0144. The molecule has 8 heterocycles. The van der Waals surface area contributed by atoms with Gasteiger partial charge in [-0.15, -0.1) is 11.3 Å². The molecule has 15 heteroatoms. The molecule has 4 unspecified atom stereocenters. The van der Waals surface area contributed by atoms with Crippen LogP contribution in [-0.4, -0.2) is 94.8 Å². The number of carbonyl (C=O) groups is 1. The average Bonchev–Trinajstić information content (AvgIpc) is 3.91. The van der Waals surface area contributed by atoms with E-state index >= 15 is 4.39 Å². The van der Waals surface area contributed by atoms with Crippen LogP contribution in [0.5, 0.6) is 6.01 Å². The van der Waals surface area contributed by atoms with Gasteiger partial charge in [0.25, 0.3) is 0 Å². The molecule has 258 valence electrons. The highest BCUT2D eigenvalue weighted by atomic mass is 35.5. The molecule has 3 N–H and O–H groups in total. The van der Waals surface area contributed by atoms with Gasteiger partial charge in [-0.2, -0.15) is 15.2 Å². The largest absolute Gasteiger partial charge is 0.461 e. The zero-order valence-corrected chi connectivity index (χ0v) is 28.3. The normalized spacial score (nSPS) is 30.9. The molecule has 10 nitrogen and oxygen atoms in total. The first kappa shape index (κ1) is 30.9. The van der Waals surface area contributed by atoms with Gasteiger partial charge in [-0.3, -0.25) is 9.69 Å². The topological polar surface area (TPSA) is 134 Å². The first-order valence-electron chi connectivity index (χ1n) is 17.1. The van der Waals surface area contributed by atoms with Gasteiger partial charge in [-0.25, -0.2) is 13.2 Å². The molecular weight excluding hydrogens is 689 g/mol. The minimum Gasteiger partial charge on any atom is -0.461 e. The number of alkyl halides is 1. The first-order chi connectivity index (χ1) is 24.2. The average molecular weight is 721 g/mol. The molecule has 1 amide bonds. The Morgan fingerprint density at radius 2 is 2.08 bits per heavy atom. The number of nitrogens with one attached hydrogen (secondary N) is 1. The van der Waals surface area contributed by atoms with Crippen molar-refractivity contribution < 1.29 is 22.7 Å². The summed E-state index contributed by atoms with van der Waals surface area (Å²) in [6.07, 6.45) is 2.03. The molecule has 1 saturated carbocycles. The Morgan fingerprint density at radius 1 is 1.24 bits per heavy atom. The van der Waals surface area contributed by atoms with Crippen LogP contribution in [-0.2, 0) is 4.79 Å². The minimum atomic E-state index is -0.947. The molecule has 2 aromatic carbocycles. The lowest BCUT2D eigenvalue weighted by Crippen LogP contribution is -2.45. The van der Waals surface area contributed by atoms with Gasteiger partial charge < -0.3 is 25.6 Å². The number of rotatable bonds is 6. The fraction of sp³-hybridized carbons (Fsp3) is 0.486. The fourth-order valence-corrected chi connectivity index (χ4v) is 10.8. The zero-order valence-electron chi connectivity index (χ0n) is 26.8. The van der Waals surface area contributed by atoms with Crippen LogP contribution in [0.15, 0.2) is 18.2 Å².